The Morgan fingerprint density at radius 2 is 0.0847 bits per heavy atom. The van der Waals surface area contributed by atoms with E-state index in [-0.39, 0.29) is 514 Å². The molecule has 0 aromatic rings. The van der Waals surface area contributed by atoms with Gasteiger partial charge in [-0.15, -0.1) is 0 Å². The Bertz CT molecular complexity index is 68.9. The summed E-state index contributed by atoms with van der Waals surface area (Å²) in [6.07, 6.45) is 0. The standard InChI is InChI=1S/6H3N.24H2O.17O.12W/h6*1H3;24*1H2;;;;;;;;;;;;;;;;;;;;;;;;;;;;;/q;;;;;;;;;;;;;;;;;;;;;;;;;;;;;;17*-2;;;;;;;;;;;;/p-23. The van der Waals surface area contributed by atoms with E-state index in [1.807, 2.05) is 0 Å². The second kappa shape index (κ2) is 6350. The molecule has 0 bridgehead atoms. The van der Waals surface area contributed by atoms with Gasteiger partial charge in [-0.05, 0) is 0 Å². The third kappa shape index (κ3) is 6160. The van der Waals surface area contributed by atoms with E-state index in [1.54, 1.807) is 0 Å². The van der Waals surface area contributed by atoms with Crippen LogP contribution in [0.5, 0.6) is 0 Å². The fourth-order valence-corrected chi connectivity index (χ4v) is 0. The molecule has 0 radical (unpaired) electrons. The maximum Gasteiger partial charge on any atom is 0 e. The number of rotatable bonds is 0. The molecule has 0 unspecified atom stereocenters. The summed E-state index contributed by atoms with van der Waals surface area (Å²) in [4.78, 5) is 0. The van der Waals surface area contributed by atoms with Gasteiger partial charge in [0.25, 0.3) is 0 Å². The predicted octanol–water partition coefficient (Wildman–Crippen LogP) is -5.97. The van der Waals surface area contributed by atoms with E-state index in [9.17, 15) is 0 Å². The molecule has 0 aromatic heterocycles. The van der Waals surface area contributed by atoms with Gasteiger partial charge in [0.2, 0.25) is 0 Å². The molecule has 0 rings (SSSR count). The zero-order valence-electron chi connectivity index (χ0n) is 26.9. The van der Waals surface area contributed by atoms with Crippen LogP contribution in [-0.4, -0.2) is 131 Å². The van der Waals surface area contributed by atoms with Gasteiger partial charge in [-0.3, -0.25) is 0 Å². The molecule has 0 spiro atoms. The second-order valence-electron chi connectivity index (χ2n) is 0. The Labute approximate surface area is 508 Å². The molecule has 0 saturated carbocycles. The smallest absolute Gasteiger partial charge is 0 e. The maximum atomic E-state index is 0. The summed E-state index contributed by atoms with van der Waals surface area (Å²) >= 11 is 0. The van der Waals surface area contributed by atoms with E-state index in [0.29, 0.717) is 0 Å². The molecule has 43 N–H and O–H groups in total. The molecule has 47 nitrogen and oxygen atoms in total. The summed E-state index contributed by atoms with van der Waals surface area (Å²) in [5.41, 5.74) is 0. The summed E-state index contributed by atoms with van der Waals surface area (Å²) in [6.45, 7) is 0. The summed E-state index contributed by atoms with van der Waals surface area (Å²) < 4.78 is 0. The molecule has 448 valence electrons. The van der Waals surface area contributed by atoms with Crippen LogP contribution >= 0.6 is 0 Å². The van der Waals surface area contributed by atoms with E-state index >= 15 is 0 Å². The molecular weight excluding hydrogens is 2950 g/mol. The molecule has 0 saturated heterocycles. The molecule has 59 heteroatoms. The van der Waals surface area contributed by atoms with Gasteiger partial charge in [0.1, 0.15) is 0 Å². The molecule has 0 aliphatic heterocycles. The molecule has 0 aromatic carbocycles. The van der Waals surface area contributed by atoms with E-state index in [4.69, 9.17) is 0 Å². The van der Waals surface area contributed by atoms with Gasteiger partial charge in [0.05, 0.1) is 0 Å². The fraction of sp³-hybridized carbons (Fsp3) is 0. The van der Waals surface area contributed by atoms with Crippen LogP contribution < -0.4 is 36.9 Å². The van der Waals surface area contributed by atoms with Gasteiger partial charge in [0, 0.05) is 253 Å². The molecule has 0 fully saturated rings. The Morgan fingerprint density at radius 3 is 0.0847 bits per heavy atom. The van der Waals surface area contributed by atoms with Gasteiger partial charge in [-0.1, -0.05) is 0 Å². The minimum Gasteiger partial charge on any atom is -2.00 e. The van der Waals surface area contributed by atoms with Crippen molar-refractivity contribution in [1.29, 1.82) is 0 Å². The van der Waals surface area contributed by atoms with Crippen molar-refractivity contribution in [2.75, 3.05) is 0 Å². The van der Waals surface area contributed by atoms with Crippen molar-refractivity contribution in [3.05, 3.63) is 0 Å². The first-order chi connectivity index (χ1) is 0. The summed E-state index contributed by atoms with van der Waals surface area (Å²) in [6, 6.07) is 0. The third-order valence-electron chi connectivity index (χ3n) is 0. The zero-order valence-corrected chi connectivity index (χ0v) is 62.1. The monoisotopic (exact) mass is 2990 g/mol. The maximum absolute atomic E-state index is 0. The van der Waals surface area contributed by atoms with E-state index in [2.05, 4.69) is 0 Å². The molecule has 0 heterocycles. The predicted molar refractivity (Wildman–Crippen MR) is 89.9 cm³/mol. The van der Waals surface area contributed by atoms with Gasteiger partial charge >= 0.3 is 0 Å². The molecule has 0 atom stereocenters. The molecule has 0 amide bonds. The topological polar surface area (TPSA) is 1420 Å². The quantitative estimate of drug-likeness (QED) is 0.131. The van der Waals surface area contributed by atoms with E-state index < -0.39 is 0 Å². The van der Waals surface area contributed by atoms with E-state index in [0.717, 1.165) is 0 Å². The van der Waals surface area contributed by atoms with Crippen LogP contribution in [0.3, 0.4) is 0 Å². The van der Waals surface area contributed by atoms with Crippen molar-refractivity contribution in [1.82, 2.24) is 36.9 Å². The van der Waals surface area contributed by atoms with Gasteiger partial charge < -0.3 is 261 Å². The van der Waals surface area contributed by atoms with Crippen molar-refractivity contribution >= 4 is 0 Å². The first-order valence-electron chi connectivity index (χ1n) is 0. The van der Waals surface area contributed by atoms with Crippen LogP contribution in [0.4, 0.5) is 0 Å². The van der Waals surface area contributed by atoms with Crippen LogP contribution in [0.15, 0.2) is 0 Å². The van der Waals surface area contributed by atoms with Crippen LogP contribution in [0.25, 0.3) is 0 Å². The van der Waals surface area contributed by atoms with Crippen LogP contribution in [-0.2, 0) is 346 Å². The molecule has 59 heavy (non-hydrogen) atoms. The Morgan fingerprint density at radius 1 is 0.0847 bits per heavy atom. The fourth-order valence-electron chi connectivity index (χ4n) is 0. The Balaban J connectivity index is 0. The Kier molecular flexibility index (Phi) is 717000. The SMILES string of the molecule is N.N.N.N.N.N.O.[O-2].[O-2].[O-2].[O-2].[O-2].[O-2].[O-2].[O-2].[O-2].[O-2].[O-2].[O-2].[O-2].[O-2].[O-2].[O-2].[O-2].[OH-].[OH-].[OH-].[OH-].[OH-].[OH-].[OH-].[OH-].[OH-].[OH-].[OH-].[OH-].[OH-].[OH-].[OH-].[OH-].[OH-].[OH-].[OH-].[OH-].[OH-].[OH-].[OH-].[W].[W].[W].[W].[W].[W].[W].[W].[W].[W].[W].[W]. The van der Waals surface area contributed by atoms with Crippen LogP contribution in [0, 0.1) is 0 Å². The second-order valence-corrected chi connectivity index (χ2v) is 0. The Hall–Kier alpha value is 6.38. The van der Waals surface area contributed by atoms with Crippen molar-refractivity contribution in [2.45, 2.75) is 0 Å². The minimum absolute atomic E-state index is 0. The van der Waals surface area contributed by atoms with Gasteiger partial charge in [0.15, 0.2) is 0 Å². The van der Waals surface area contributed by atoms with Gasteiger partial charge in [-0.25, -0.2) is 0 Å². The summed E-state index contributed by atoms with van der Waals surface area (Å²) in [5, 5.41) is 0. The number of hydrogen-bond donors (Lipinski definition) is 6. The molecule has 0 aliphatic carbocycles. The molecule has 0 aliphatic rings. The van der Waals surface area contributed by atoms with Gasteiger partial charge in [-0.2, -0.15) is 0 Å². The average molecular weight is 2990 g/mol. The largest absolute Gasteiger partial charge is 2.00 e. The normalized spacial score (nSPS) is 0. The minimum atomic E-state index is 0. The number of hydrogen-bond acceptors (Lipinski definition) is 29. The van der Waals surface area contributed by atoms with Crippen molar-refractivity contribution in [3.8, 4) is 0 Å². The summed E-state index contributed by atoms with van der Waals surface area (Å²) in [7, 11) is 0. The van der Waals surface area contributed by atoms with Crippen molar-refractivity contribution in [2.24, 2.45) is 0 Å². The first-order valence-corrected chi connectivity index (χ1v) is 0. The van der Waals surface area contributed by atoms with Crippen LogP contribution in [0.2, 0.25) is 0 Å². The van der Waals surface area contributed by atoms with Crippen molar-refractivity contribution in [3.63, 3.8) is 0 Å². The zero-order chi connectivity index (χ0) is 0. The van der Waals surface area contributed by atoms with E-state index in [1.165, 1.54) is 0 Å². The van der Waals surface area contributed by atoms with Crippen LogP contribution in [0.1, 0.15) is 0 Å². The van der Waals surface area contributed by atoms with Crippen molar-refractivity contribution < 1.29 is 477 Å². The molecular formula is H43N6O41W12-57. The first kappa shape index (κ1) is 6660. The summed E-state index contributed by atoms with van der Waals surface area (Å²) in [5.74, 6) is 0. The third-order valence-corrected chi connectivity index (χ3v) is 0. The average Bonchev–Trinajstić information content (AvgIpc) is 0.